The lowest BCUT2D eigenvalue weighted by Gasteiger charge is -2.27. The number of fused-ring (bicyclic) bond motifs is 1. The molecule has 0 unspecified atom stereocenters. The summed E-state index contributed by atoms with van der Waals surface area (Å²) < 4.78 is 1.93. The maximum Gasteiger partial charge on any atom is 0.137 e. The van der Waals surface area contributed by atoms with E-state index in [4.69, 9.17) is 11.6 Å². The Hall–Kier alpha value is -1.10. The van der Waals surface area contributed by atoms with E-state index in [9.17, 15) is 5.11 Å². The zero-order valence-corrected chi connectivity index (χ0v) is 12.4. The monoisotopic (exact) mass is 281 g/mol. The summed E-state index contributed by atoms with van der Waals surface area (Å²) in [5.41, 5.74) is 1.17. The van der Waals surface area contributed by atoms with E-state index >= 15 is 0 Å². The van der Waals surface area contributed by atoms with Crippen LogP contribution in [0.3, 0.4) is 0 Å². The number of halogens is 1. The van der Waals surface area contributed by atoms with Gasteiger partial charge in [-0.2, -0.15) is 0 Å². The van der Waals surface area contributed by atoms with Crippen LogP contribution in [0, 0.1) is 0 Å². The topological polar surface area (TPSA) is 40.8 Å². The minimum absolute atomic E-state index is 0.623. The number of likely N-dealkylation sites (N-methyl/N-ethyl adjacent to an activating group) is 1. The highest BCUT2D eigenvalue weighted by Gasteiger charge is 2.18. The summed E-state index contributed by atoms with van der Waals surface area (Å²) in [6.07, 6.45) is 3.83. The molecule has 0 aromatic carbocycles. The Labute approximate surface area is 118 Å². The van der Waals surface area contributed by atoms with Gasteiger partial charge < -0.3 is 9.51 Å². The highest BCUT2D eigenvalue weighted by molar-refractivity contribution is 6.30. The molecule has 2 heterocycles. The van der Waals surface area contributed by atoms with Crippen molar-refractivity contribution in [3.63, 3.8) is 0 Å². The number of aromatic nitrogens is 2. The van der Waals surface area contributed by atoms with E-state index in [-0.39, 0.29) is 0 Å². The lowest BCUT2D eigenvalue weighted by molar-refractivity contribution is 0.0350. The molecule has 0 saturated heterocycles. The fraction of sp³-hybridized carbons (Fsp3) is 0.500. The molecule has 0 aliphatic carbocycles. The molecule has 4 nitrogen and oxygen atoms in total. The van der Waals surface area contributed by atoms with Crippen molar-refractivity contribution in [2.75, 3.05) is 13.1 Å². The largest absolute Gasteiger partial charge is 0.389 e. The average molecular weight is 282 g/mol. The van der Waals surface area contributed by atoms with Crippen LogP contribution >= 0.6 is 11.6 Å². The number of hydrogen-bond donors (Lipinski definition) is 1. The van der Waals surface area contributed by atoms with Crippen LogP contribution in [0.5, 0.6) is 0 Å². The van der Waals surface area contributed by atoms with Crippen LogP contribution in [0.25, 0.3) is 5.65 Å². The van der Waals surface area contributed by atoms with Crippen LogP contribution in [0.15, 0.2) is 24.5 Å². The van der Waals surface area contributed by atoms with Gasteiger partial charge in [-0.25, -0.2) is 4.98 Å². The lowest BCUT2D eigenvalue weighted by atomic mass is 10.1. The van der Waals surface area contributed by atoms with Gasteiger partial charge >= 0.3 is 0 Å². The molecule has 2 aromatic heterocycles. The summed E-state index contributed by atoms with van der Waals surface area (Å²) in [7, 11) is 0. The van der Waals surface area contributed by atoms with E-state index in [0.29, 0.717) is 11.6 Å². The van der Waals surface area contributed by atoms with E-state index in [1.54, 1.807) is 0 Å². The van der Waals surface area contributed by atoms with Crippen molar-refractivity contribution < 1.29 is 5.11 Å². The van der Waals surface area contributed by atoms with Crippen LogP contribution in [-0.4, -0.2) is 38.1 Å². The van der Waals surface area contributed by atoms with Gasteiger partial charge in [-0.3, -0.25) is 4.90 Å². The Morgan fingerprint density at radius 3 is 2.74 bits per heavy atom. The van der Waals surface area contributed by atoms with Gasteiger partial charge in [-0.15, -0.1) is 0 Å². The van der Waals surface area contributed by atoms with Gasteiger partial charge in [-0.1, -0.05) is 18.5 Å². The minimum Gasteiger partial charge on any atom is -0.389 e. The van der Waals surface area contributed by atoms with E-state index in [1.165, 1.54) is 0 Å². The van der Waals surface area contributed by atoms with Crippen LogP contribution in [0.2, 0.25) is 5.02 Å². The Balaban J connectivity index is 2.15. The van der Waals surface area contributed by atoms with E-state index in [1.807, 2.05) is 42.8 Å². The SMILES string of the molecule is CCN(Cc1cn2cc(Cl)ccc2n1)CC(C)(C)O. The molecule has 0 atom stereocenters. The van der Waals surface area contributed by atoms with Crippen LogP contribution in [0.4, 0.5) is 0 Å². The maximum absolute atomic E-state index is 9.89. The number of pyridine rings is 1. The van der Waals surface area contributed by atoms with Gasteiger partial charge in [0.2, 0.25) is 0 Å². The highest BCUT2D eigenvalue weighted by Crippen LogP contribution is 2.14. The molecule has 0 spiro atoms. The Kier molecular flexibility index (Phi) is 4.13. The van der Waals surface area contributed by atoms with Crippen molar-refractivity contribution in [1.29, 1.82) is 0 Å². The normalized spacial score (nSPS) is 12.5. The van der Waals surface area contributed by atoms with Crippen molar-refractivity contribution in [3.8, 4) is 0 Å². The molecule has 2 rings (SSSR count). The van der Waals surface area contributed by atoms with Crippen LogP contribution in [0.1, 0.15) is 26.5 Å². The minimum atomic E-state index is -0.696. The molecule has 1 N–H and O–H groups in total. The Bertz CT molecular complexity index is 559. The first kappa shape index (κ1) is 14.3. The quantitative estimate of drug-likeness (QED) is 0.916. The Morgan fingerprint density at radius 2 is 2.11 bits per heavy atom. The first-order valence-corrected chi connectivity index (χ1v) is 6.83. The summed E-state index contributed by atoms with van der Waals surface area (Å²) in [6, 6.07) is 3.74. The van der Waals surface area contributed by atoms with Crippen molar-refractivity contribution in [1.82, 2.24) is 14.3 Å². The molecule has 0 radical (unpaired) electrons. The molecule has 19 heavy (non-hydrogen) atoms. The van der Waals surface area contributed by atoms with E-state index in [2.05, 4.69) is 16.8 Å². The zero-order valence-electron chi connectivity index (χ0n) is 11.6. The van der Waals surface area contributed by atoms with Crippen molar-refractivity contribution in [2.45, 2.75) is 32.9 Å². The molecule has 0 aliphatic heterocycles. The first-order chi connectivity index (χ1) is 8.87. The number of nitrogens with zero attached hydrogens (tertiary/aromatic N) is 3. The standard InChI is InChI=1S/C14H20ClN3O/c1-4-17(10-14(2,3)19)8-12-9-18-7-11(15)5-6-13(18)16-12/h5-7,9,19H,4,8,10H2,1-3H3. The predicted octanol–water partition coefficient (Wildman–Crippen LogP) is 2.58. The molecule has 0 fully saturated rings. The second kappa shape index (κ2) is 5.49. The van der Waals surface area contributed by atoms with Gasteiger partial charge in [-0.05, 0) is 32.5 Å². The van der Waals surface area contributed by atoms with Gasteiger partial charge in [0.05, 0.1) is 16.3 Å². The van der Waals surface area contributed by atoms with Gasteiger partial charge in [0.15, 0.2) is 0 Å². The number of aliphatic hydroxyl groups is 1. The fourth-order valence-corrected chi connectivity index (χ4v) is 2.32. The molecule has 5 heteroatoms. The number of rotatable bonds is 5. The summed E-state index contributed by atoms with van der Waals surface area (Å²) >= 11 is 5.96. The molecule has 0 bridgehead atoms. The average Bonchev–Trinajstić information content (AvgIpc) is 2.67. The molecular formula is C14H20ClN3O. The fourth-order valence-electron chi connectivity index (χ4n) is 2.15. The molecule has 0 saturated carbocycles. The summed E-state index contributed by atoms with van der Waals surface area (Å²) in [5, 5.41) is 10.6. The second-order valence-corrected chi connectivity index (χ2v) is 5.90. The number of hydrogen-bond acceptors (Lipinski definition) is 3. The van der Waals surface area contributed by atoms with Crippen molar-refractivity contribution in [3.05, 3.63) is 35.2 Å². The Morgan fingerprint density at radius 1 is 1.37 bits per heavy atom. The molecule has 2 aromatic rings. The summed E-state index contributed by atoms with van der Waals surface area (Å²) in [4.78, 5) is 6.72. The van der Waals surface area contributed by atoms with Crippen LogP contribution in [-0.2, 0) is 6.54 Å². The van der Waals surface area contributed by atoms with Gasteiger partial charge in [0.1, 0.15) is 5.65 Å². The first-order valence-electron chi connectivity index (χ1n) is 6.45. The number of imidazole rings is 1. The summed E-state index contributed by atoms with van der Waals surface area (Å²) in [5.74, 6) is 0. The predicted molar refractivity (Wildman–Crippen MR) is 77.5 cm³/mol. The maximum atomic E-state index is 9.89. The summed E-state index contributed by atoms with van der Waals surface area (Å²) in [6.45, 7) is 7.94. The third kappa shape index (κ3) is 3.93. The van der Waals surface area contributed by atoms with Crippen LogP contribution < -0.4 is 0 Å². The van der Waals surface area contributed by atoms with Crippen molar-refractivity contribution in [2.24, 2.45) is 0 Å². The molecule has 0 aliphatic rings. The van der Waals surface area contributed by atoms with E-state index in [0.717, 1.165) is 24.4 Å². The van der Waals surface area contributed by atoms with Gasteiger partial charge in [0, 0.05) is 25.5 Å². The van der Waals surface area contributed by atoms with E-state index < -0.39 is 5.60 Å². The molecule has 0 amide bonds. The lowest BCUT2D eigenvalue weighted by Crippen LogP contribution is -2.38. The van der Waals surface area contributed by atoms with Gasteiger partial charge in [0.25, 0.3) is 0 Å². The molecular weight excluding hydrogens is 262 g/mol. The molecule has 104 valence electrons. The zero-order chi connectivity index (χ0) is 14.0. The smallest absolute Gasteiger partial charge is 0.137 e. The highest BCUT2D eigenvalue weighted by atomic mass is 35.5. The third-order valence-electron chi connectivity index (χ3n) is 2.91. The van der Waals surface area contributed by atoms with Crippen molar-refractivity contribution >= 4 is 17.2 Å². The second-order valence-electron chi connectivity index (χ2n) is 5.46. The third-order valence-corrected chi connectivity index (χ3v) is 3.13.